The van der Waals surface area contributed by atoms with Crippen molar-refractivity contribution in [3.63, 3.8) is 0 Å². The van der Waals surface area contributed by atoms with Crippen LogP contribution >= 0.6 is 0 Å². The minimum absolute atomic E-state index is 0.0537. The molecule has 0 atom stereocenters. The van der Waals surface area contributed by atoms with Crippen molar-refractivity contribution in [3.05, 3.63) is 59.7 Å². The summed E-state index contributed by atoms with van der Waals surface area (Å²) in [6, 6.07) is 16.6. The first-order valence-corrected chi connectivity index (χ1v) is 10.5. The number of hydrogen-bond acceptors (Lipinski definition) is 3. The maximum absolute atomic E-state index is 12.8. The van der Waals surface area contributed by atoms with E-state index in [1.807, 2.05) is 65.8 Å². The van der Waals surface area contributed by atoms with Gasteiger partial charge in [0.1, 0.15) is 12.4 Å². The molecule has 0 aromatic heterocycles. The quantitative estimate of drug-likeness (QED) is 0.532. The molecule has 156 valence electrons. The Morgan fingerprint density at radius 2 is 1.28 bits per heavy atom. The zero-order valence-corrected chi connectivity index (χ0v) is 18.8. The first-order chi connectivity index (χ1) is 13.6. The van der Waals surface area contributed by atoms with Gasteiger partial charge in [0.15, 0.2) is 0 Å². The minimum atomic E-state index is -0.715. The predicted molar refractivity (Wildman–Crippen MR) is 119 cm³/mol. The Labute approximate surface area is 175 Å². The highest BCUT2D eigenvalue weighted by Gasteiger charge is 2.39. The van der Waals surface area contributed by atoms with E-state index in [0.29, 0.717) is 13.0 Å². The summed E-state index contributed by atoms with van der Waals surface area (Å²) < 4.78 is 5.78. The van der Waals surface area contributed by atoms with Crippen LogP contribution in [0, 0.1) is 10.8 Å². The Balaban J connectivity index is 0.00000145. The highest BCUT2D eigenvalue weighted by atomic mass is 16.5. The molecular formula is C26H34O3. The largest absolute Gasteiger partial charge is 0.464 e. The summed E-state index contributed by atoms with van der Waals surface area (Å²) in [5.41, 5.74) is 3.57. The molecule has 0 amide bonds. The Morgan fingerprint density at radius 3 is 1.72 bits per heavy atom. The third-order valence-corrected chi connectivity index (χ3v) is 5.73. The number of ketones is 1. The molecule has 3 nitrogen and oxygen atoms in total. The van der Waals surface area contributed by atoms with Gasteiger partial charge in [0.05, 0.1) is 5.41 Å². The van der Waals surface area contributed by atoms with Gasteiger partial charge in [-0.3, -0.25) is 9.59 Å². The van der Waals surface area contributed by atoms with Gasteiger partial charge in [0.2, 0.25) is 0 Å². The van der Waals surface area contributed by atoms with Crippen molar-refractivity contribution in [1.82, 2.24) is 0 Å². The average Bonchev–Trinajstić information content (AvgIpc) is 3.00. The monoisotopic (exact) mass is 394 g/mol. The Hall–Kier alpha value is -2.42. The maximum Gasteiger partial charge on any atom is 0.311 e. The lowest BCUT2D eigenvalue weighted by molar-refractivity contribution is -0.156. The van der Waals surface area contributed by atoms with Gasteiger partial charge in [0.25, 0.3) is 0 Å². The zero-order valence-electron chi connectivity index (χ0n) is 18.8. The summed E-state index contributed by atoms with van der Waals surface area (Å²) >= 11 is 0. The van der Waals surface area contributed by atoms with E-state index >= 15 is 0 Å². The van der Waals surface area contributed by atoms with E-state index in [1.165, 1.54) is 22.3 Å². The van der Waals surface area contributed by atoms with Crippen LogP contribution in [0.3, 0.4) is 0 Å². The lowest BCUT2D eigenvalue weighted by Crippen LogP contribution is -2.35. The number of benzene rings is 2. The molecule has 0 radical (unpaired) electrons. The molecule has 0 spiro atoms. The van der Waals surface area contributed by atoms with Gasteiger partial charge in [-0.25, -0.2) is 0 Å². The molecule has 2 aromatic rings. The van der Waals surface area contributed by atoms with Crippen LogP contribution in [0.5, 0.6) is 0 Å². The predicted octanol–water partition coefficient (Wildman–Crippen LogP) is 6.40. The van der Waals surface area contributed by atoms with Crippen molar-refractivity contribution >= 4 is 11.8 Å². The standard InChI is InChI=1S/C24H28O3.C2H6/c1-16(25)23(2,3)15-24(4,5)22(26)27-14-21-19-12-8-6-10-17(19)18-11-7-9-13-20(18)21;1-2/h6-13,21H,14-15H2,1-5H3;1-2H3. The molecule has 0 saturated heterocycles. The van der Waals surface area contributed by atoms with Crippen LogP contribution in [0.4, 0.5) is 0 Å². The molecule has 1 aliphatic rings. The molecule has 0 bridgehead atoms. The van der Waals surface area contributed by atoms with Crippen LogP contribution in [-0.2, 0) is 14.3 Å². The van der Waals surface area contributed by atoms with Crippen molar-refractivity contribution in [3.8, 4) is 11.1 Å². The Kier molecular flexibility index (Phi) is 7.05. The van der Waals surface area contributed by atoms with Crippen LogP contribution in [0.1, 0.15) is 71.9 Å². The number of esters is 1. The van der Waals surface area contributed by atoms with Gasteiger partial charge in [-0.1, -0.05) is 76.2 Å². The lowest BCUT2D eigenvalue weighted by atomic mass is 9.73. The normalized spacial score (nSPS) is 13.1. The molecule has 0 saturated carbocycles. The van der Waals surface area contributed by atoms with E-state index in [1.54, 1.807) is 6.92 Å². The highest BCUT2D eigenvalue weighted by molar-refractivity contribution is 5.84. The second kappa shape index (κ2) is 8.94. The summed E-state index contributed by atoms with van der Waals surface area (Å²) in [4.78, 5) is 24.7. The number of ether oxygens (including phenoxy) is 1. The molecule has 0 aliphatic heterocycles. The first kappa shape index (κ1) is 22.9. The van der Waals surface area contributed by atoms with Crippen molar-refractivity contribution in [1.29, 1.82) is 0 Å². The van der Waals surface area contributed by atoms with Crippen LogP contribution in [0.15, 0.2) is 48.5 Å². The second-order valence-corrected chi connectivity index (χ2v) is 8.83. The van der Waals surface area contributed by atoms with Crippen molar-refractivity contribution in [2.75, 3.05) is 6.61 Å². The Bertz CT molecular complexity index is 832. The molecule has 0 heterocycles. The van der Waals surface area contributed by atoms with Gasteiger partial charge in [-0.2, -0.15) is 0 Å². The average molecular weight is 395 g/mol. The SMILES string of the molecule is CC.CC(=O)C(C)(C)CC(C)(C)C(=O)OCC1c2ccccc2-c2ccccc21. The van der Waals surface area contributed by atoms with Crippen molar-refractivity contribution in [2.45, 2.75) is 60.8 Å². The van der Waals surface area contributed by atoms with Gasteiger partial charge in [-0.05, 0) is 49.4 Å². The third kappa shape index (κ3) is 4.77. The van der Waals surface area contributed by atoms with E-state index in [0.717, 1.165) is 0 Å². The van der Waals surface area contributed by atoms with E-state index < -0.39 is 10.8 Å². The van der Waals surface area contributed by atoms with E-state index in [9.17, 15) is 9.59 Å². The summed E-state index contributed by atoms with van der Waals surface area (Å²) in [7, 11) is 0. The number of carbonyl (C=O) groups excluding carboxylic acids is 2. The minimum Gasteiger partial charge on any atom is -0.464 e. The fourth-order valence-electron chi connectivity index (χ4n) is 4.10. The topological polar surface area (TPSA) is 43.4 Å². The van der Waals surface area contributed by atoms with Crippen LogP contribution < -0.4 is 0 Å². The van der Waals surface area contributed by atoms with E-state index in [4.69, 9.17) is 4.74 Å². The number of hydrogen-bond donors (Lipinski definition) is 0. The van der Waals surface area contributed by atoms with E-state index in [2.05, 4.69) is 24.3 Å². The molecular weight excluding hydrogens is 360 g/mol. The molecule has 0 unspecified atom stereocenters. The van der Waals surface area contributed by atoms with E-state index in [-0.39, 0.29) is 17.7 Å². The molecule has 1 aliphatic carbocycles. The first-order valence-electron chi connectivity index (χ1n) is 10.5. The summed E-state index contributed by atoms with van der Waals surface area (Å²) in [5.74, 6) is -0.112. The molecule has 29 heavy (non-hydrogen) atoms. The summed E-state index contributed by atoms with van der Waals surface area (Å²) in [6.45, 7) is 13.4. The molecule has 2 aromatic carbocycles. The number of carbonyl (C=O) groups is 2. The van der Waals surface area contributed by atoms with Crippen LogP contribution in [0.2, 0.25) is 0 Å². The molecule has 3 heteroatoms. The van der Waals surface area contributed by atoms with Gasteiger partial charge >= 0.3 is 5.97 Å². The molecule has 0 fully saturated rings. The number of rotatable bonds is 6. The number of Topliss-reactive ketones (excluding diaryl/α,β-unsaturated/α-hetero) is 1. The third-order valence-electron chi connectivity index (χ3n) is 5.73. The van der Waals surface area contributed by atoms with Crippen molar-refractivity contribution in [2.24, 2.45) is 10.8 Å². The zero-order chi connectivity index (χ0) is 21.8. The fourth-order valence-corrected chi connectivity index (χ4v) is 4.10. The van der Waals surface area contributed by atoms with Crippen LogP contribution in [-0.4, -0.2) is 18.4 Å². The molecule has 0 N–H and O–H groups in total. The maximum atomic E-state index is 12.8. The summed E-state index contributed by atoms with van der Waals surface area (Å²) in [6.07, 6.45) is 0.464. The summed E-state index contributed by atoms with van der Waals surface area (Å²) in [5, 5.41) is 0. The van der Waals surface area contributed by atoms with Crippen LogP contribution in [0.25, 0.3) is 11.1 Å². The number of fused-ring (bicyclic) bond motifs is 3. The van der Waals surface area contributed by atoms with Gasteiger partial charge < -0.3 is 4.74 Å². The second-order valence-electron chi connectivity index (χ2n) is 8.83. The smallest absolute Gasteiger partial charge is 0.311 e. The van der Waals surface area contributed by atoms with Crippen molar-refractivity contribution < 1.29 is 14.3 Å². The fraction of sp³-hybridized carbons (Fsp3) is 0.462. The van der Waals surface area contributed by atoms with Gasteiger partial charge in [-0.15, -0.1) is 0 Å². The lowest BCUT2D eigenvalue weighted by Gasteiger charge is -2.31. The highest BCUT2D eigenvalue weighted by Crippen LogP contribution is 2.45. The Morgan fingerprint density at radius 1 is 0.828 bits per heavy atom. The molecule has 3 rings (SSSR count). The van der Waals surface area contributed by atoms with Gasteiger partial charge in [0, 0.05) is 11.3 Å².